The number of ether oxygens (including phenoxy) is 1. The number of nitrogens with two attached hydrogens (primary N) is 1. The standard InChI is InChI=1S/C18H15N5O3/c1-2-25-18(24)12-7-5-11(6-8-12)13-10-23-17(15(19)20-13)21-16(22-23)14-4-3-9-26-14/h3-10H,2H2,1H3,(H2,19,20). The van der Waals surface area contributed by atoms with Crippen molar-refractivity contribution in [1.82, 2.24) is 19.6 Å². The fourth-order valence-electron chi connectivity index (χ4n) is 2.55. The number of aromatic nitrogens is 4. The van der Waals surface area contributed by atoms with Gasteiger partial charge in [-0.25, -0.2) is 19.3 Å². The summed E-state index contributed by atoms with van der Waals surface area (Å²) in [5.74, 6) is 0.871. The maximum Gasteiger partial charge on any atom is 0.338 e. The molecule has 0 spiro atoms. The number of fused-ring (bicyclic) bond motifs is 1. The summed E-state index contributed by atoms with van der Waals surface area (Å²) in [6, 6.07) is 10.5. The smallest absolute Gasteiger partial charge is 0.338 e. The van der Waals surface area contributed by atoms with Crippen LogP contribution in [0.5, 0.6) is 0 Å². The Morgan fingerprint density at radius 1 is 1.23 bits per heavy atom. The van der Waals surface area contributed by atoms with Crippen LogP contribution in [0, 0.1) is 0 Å². The molecule has 0 aliphatic heterocycles. The van der Waals surface area contributed by atoms with E-state index >= 15 is 0 Å². The molecule has 0 bridgehead atoms. The van der Waals surface area contributed by atoms with Gasteiger partial charge in [-0.05, 0) is 31.2 Å². The van der Waals surface area contributed by atoms with Gasteiger partial charge in [0.25, 0.3) is 0 Å². The molecule has 0 fully saturated rings. The summed E-state index contributed by atoms with van der Waals surface area (Å²) in [4.78, 5) is 20.5. The number of rotatable bonds is 4. The third-order valence-electron chi connectivity index (χ3n) is 3.78. The maximum absolute atomic E-state index is 11.7. The first-order chi connectivity index (χ1) is 12.7. The Kier molecular flexibility index (Phi) is 3.85. The topological polar surface area (TPSA) is 109 Å². The lowest BCUT2D eigenvalue weighted by atomic mass is 10.1. The van der Waals surface area contributed by atoms with Crippen LogP contribution in [0.2, 0.25) is 0 Å². The summed E-state index contributed by atoms with van der Waals surface area (Å²) >= 11 is 0. The number of nitrogen functional groups attached to an aromatic ring is 1. The van der Waals surface area contributed by atoms with Crippen LogP contribution in [0.3, 0.4) is 0 Å². The second-order valence-electron chi connectivity index (χ2n) is 5.49. The van der Waals surface area contributed by atoms with Crippen molar-refractivity contribution in [3.8, 4) is 22.8 Å². The molecule has 0 saturated carbocycles. The Balaban J connectivity index is 1.72. The summed E-state index contributed by atoms with van der Waals surface area (Å²) in [6.45, 7) is 2.10. The Labute approximate surface area is 148 Å². The lowest BCUT2D eigenvalue weighted by Gasteiger charge is -2.05. The van der Waals surface area contributed by atoms with E-state index in [9.17, 15) is 4.79 Å². The number of hydrogen-bond acceptors (Lipinski definition) is 7. The van der Waals surface area contributed by atoms with E-state index in [2.05, 4.69) is 15.1 Å². The average Bonchev–Trinajstić information content (AvgIpc) is 3.31. The second kappa shape index (κ2) is 6.32. The van der Waals surface area contributed by atoms with Crippen molar-refractivity contribution in [3.63, 3.8) is 0 Å². The van der Waals surface area contributed by atoms with E-state index < -0.39 is 0 Å². The largest absolute Gasteiger partial charge is 0.462 e. The predicted octanol–water partition coefficient (Wildman–Crippen LogP) is 2.81. The lowest BCUT2D eigenvalue weighted by Crippen LogP contribution is -2.04. The van der Waals surface area contributed by atoms with Gasteiger partial charge < -0.3 is 14.9 Å². The first-order valence-corrected chi connectivity index (χ1v) is 8.00. The number of anilines is 1. The maximum atomic E-state index is 11.7. The van der Waals surface area contributed by atoms with Gasteiger partial charge in [0.15, 0.2) is 17.2 Å². The lowest BCUT2D eigenvalue weighted by molar-refractivity contribution is 0.0526. The zero-order valence-corrected chi connectivity index (χ0v) is 13.9. The highest BCUT2D eigenvalue weighted by atomic mass is 16.5. The van der Waals surface area contributed by atoms with Gasteiger partial charge in [0.2, 0.25) is 5.82 Å². The van der Waals surface area contributed by atoms with Gasteiger partial charge in [0.1, 0.15) is 0 Å². The number of hydrogen-bond donors (Lipinski definition) is 1. The minimum atomic E-state index is -0.360. The van der Waals surface area contributed by atoms with Crippen molar-refractivity contribution < 1.29 is 13.9 Å². The van der Waals surface area contributed by atoms with Crippen LogP contribution >= 0.6 is 0 Å². The highest BCUT2D eigenvalue weighted by Gasteiger charge is 2.14. The van der Waals surface area contributed by atoms with Gasteiger partial charge in [0.05, 0.1) is 30.3 Å². The quantitative estimate of drug-likeness (QED) is 0.564. The van der Waals surface area contributed by atoms with E-state index in [1.54, 1.807) is 60.3 Å². The zero-order chi connectivity index (χ0) is 18.1. The van der Waals surface area contributed by atoms with Crippen LogP contribution in [-0.4, -0.2) is 32.2 Å². The van der Waals surface area contributed by atoms with Crippen LogP contribution in [-0.2, 0) is 4.74 Å². The highest BCUT2D eigenvalue weighted by Crippen LogP contribution is 2.23. The molecule has 0 aliphatic rings. The number of benzene rings is 1. The molecule has 3 heterocycles. The summed E-state index contributed by atoms with van der Waals surface area (Å²) in [6.07, 6.45) is 3.28. The molecule has 0 saturated heterocycles. The van der Waals surface area contributed by atoms with Crippen molar-refractivity contribution in [2.45, 2.75) is 6.92 Å². The number of carbonyl (C=O) groups is 1. The number of nitrogens with zero attached hydrogens (tertiary/aromatic N) is 4. The SMILES string of the molecule is CCOC(=O)c1ccc(-c2cn3nc(-c4ccco4)nc3c(N)n2)cc1. The number of carbonyl (C=O) groups excluding carboxylic acids is 1. The van der Waals surface area contributed by atoms with E-state index in [-0.39, 0.29) is 11.8 Å². The van der Waals surface area contributed by atoms with Gasteiger partial charge in [-0.3, -0.25) is 0 Å². The first-order valence-electron chi connectivity index (χ1n) is 8.00. The Hall–Kier alpha value is -3.68. The molecule has 0 radical (unpaired) electrons. The van der Waals surface area contributed by atoms with Gasteiger partial charge in [0, 0.05) is 5.56 Å². The molecular formula is C18H15N5O3. The first kappa shape index (κ1) is 15.8. The highest BCUT2D eigenvalue weighted by molar-refractivity contribution is 5.90. The zero-order valence-electron chi connectivity index (χ0n) is 13.9. The molecule has 8 heteroatoms. The van der Waals surface area contributed by atoms with E-state index in [1.807, 2.05) is 0 Å². The van der Waals surface area contributed by atoms with Crippen molar-refractivity contribution in [3.05, 3.63) is 54.4 Å². The Morgan fingerprint density at radius 3 is 2.73 bits per heavy atom. The molecular weight excluding hydrogens is 334 g/mol. The summed E-state index contributed by atoms with van der Waals surface area (Å²) in [5, 5.41) is 4.39. The predicted molar refractivity (Wildman–Crippen MR) is 94.3 cm³/mol. The monoisotopic (exact) mass is 349 g/mol. The molecule has 8 nitrogen and oxygen atoms in total. The van der Waals surface area contributed by atoms with E-state index in [4.69, 9.17) is 14.9 Å². The van der Waals surface area contributed by atoms with E-state index in [0.717, 1.165) is 5.56 Å². The minimum absolute atomic E-state index is 0.252. The normalized spacial score (nSPS) is 11.0. The van der Waals surface area contributed by atoms with Gasteiger partial charge in [-0.15, -0.1) is 5.10 Å². The Morgan fingerprint density at radius 2 is 2.04 bits per heavy atom. The van der Waals surface area contributed by atoms with E-state index in [0.29, 0.717) is 35.1 Å². The van der Waals surface area contributed by atoms with E-state index in [1.165, 1.54) is 0 Å². The molecule has 0 unspecified atom stereocenters. The van der Waals surface area contributed by atoms with Crippen LogP contribution in [0.15, 0.2) is 53.3 Å². The third-order valence-corrected chi connectivity index (χ3v) is 3.78. The minimum Gasteiger partial charge on any atom is -0.462 e. The van der Waals surface area contributed by atoms with Crippen LogP contribution in [0.1, 0.15) is 17.3 Å². The number of esters is 1. The van der Waals surface area contributed by atoms with Gasteiger partial charge in [-0.1, -0.05) is 12.1 Å². The van der Waals surface area contributed by atoms with Crippen LogP contribution < -0.4 is 5.73 Å². The molecule has 0 aliphatic carbocycles. The molecule has 2 N–H and O–H groups in total. The molecule has 4 rings (SSSR count). The fourth-order valence-corrected chi connectivity index (χ4v) is 2.55. The third kappa shape index (κ3) is 2.77. The average molecular weight is 349 g/mol. The molecule has 0 amide bonds. The molecule has 1 aromatic carbocycles. The van der Waals surface area contributed by atoms with Gasteiger partial charge >= 0.3 is 5.97 Å². The summed E-state index contributed by atoms with van der Waals surface area (Å²) in [7, 11) is 0. The summed E-state index contributed by atoms with van der Waals surface area (Å²) < 4.78 is 11.9. The molecule has 130 valence electrons. The second-order valence-corrected chi connectivity index (χ2v) is 5.49. The molecule has 3 aromatic heterocycles. The van der Waals surface area contributed by atoms with Gasteiger partial charge in [-0.2, -0.15) is 0 Å². The van der Waals surface area contributed by atoms with Crippen LogP contribution in [0.25, 0.3) is 28.5 Å². The fraction of sp³-hybridized carbons (Fsp3) is 0.111. The van der Waals surface area contributed by atoms with Crippen molar-refractivity contribution >= 4 is 17.4 Å². The van der Waals surface area contributed by atoms with Crippen LogP contribution in [0.4, 0.5) is 5.82 Å². The summed E-state index contributed by atoms with van der Waals surface area (Å²) in [5.41, 5.74) is 8.37. The molecule has 4 aromatic rings. The van der Waals surface area contributed by atoms with Crippen molar-refractivity contribution in [1.29, 1.82) is 0 Å². The van der Waals surface area contributed by atoms with Crippen molar-refractivity contribution in [2.75, 3.05) is 12.3 Å². The molecule has 0 atom stereocenters. The molecule has 26 heavy (non-hydrogen) atoms. The number of furan rings is 1. The Bertz CT molecular complexity index is 1070. The van der Waals surface area contributed by atoms with Crippen molar-refractivity contribution in [2.24, 2.45) is 0 Å².